The Kier molecular flexibility index (Phi) is 3.72. The van der Waals surface area contributed by atoms with Crippen LogP contribution in [0.1, 0.15) is 10.5 Å². The first-order valence-electron chi connectivity index (χ1n) is 4.62. The molecular formula is C11H7FINO2S. The molecule has 6 heteroatoms. The van der Waals surface area contributed by atoms with Crippen molar-refractivity contribution >= 4 is 39.9 Å². The summed E-state index contributed by atoms with van der Waals surface area (Å²) < 4.78 is 18.2. The Morgan fingerprint density at radius 2 is 2.06 bits per heavy atom. The van der Waals surface area contributed by atoms with E-state index in [1.54, 1.807) is 12.1 Å². The van der Waals surface area contributed by atoms with Crippen molar-refractivity contribution in [1.29, 1.82) is 0 Å². The van der Waals surface area contributed by atoms with Crippen LogP contribution in [-0.2, 0) is 4.74 Å². The second-order valence-corrected chi connectivity index (χ2v) is 5.90. The highest BCUT2D eigenvalue weighted by atomic mass is 127. The van der Waals surface area contributed by atoms with Crippen molar-refractivity contribution in [2.45, 2.75) is 0 Å². The highest BCUT2D eigenvalue weighted by Gasteiger charge is 2.19. The molecule has 0 aliphatic heterocycles. The van der Waals surface area contributed by atoms with Crippen LogP contribution in [0.15, 0.2) is 24.3 Å². The molecule has 0 spiro atoms. The van der Waals surface area contributed by atoms with Crippen molar-refractivity contribution in [3.63, 3.8) is 0 Å². The summed E-state index contributed by atoms with van der Waals surface area (Å²) in [7, 11) is 1.31. The fraction of sp³-hybridized carbons (Fsp3) is 0.0909. The Hall–Kier alpha value is -1.02. The zero-order chi connectivity index (χ0) is 12.4. The van der Waals surface area contributed by atoms with Gasteiger partial charge in [0.15, 0.2) is 8.71 Å². The van der Waals surface area contributed by atoms with Crippen LogP contribution in [0.5, 0.6) is 0 Å². The summed E-state index contributed by atoms with van der Waals surface area (Å²) in [5.74, 6) is -0.795. The maximum atomic E-state index is 12.8. The number of aromatic nitrogens is 1. The van der Waals surface area contributed by atoms with Crippen molar-refractivity contribution in [1.82, 2.24) is 4.98 Å². The molecule has 1 heterocycles. The van der Waals surface area contributed by atoms with Gasteiger partial charge in [0.2, 0.25) is 0 Å². The zero-order valence-corrected chi connectivity index (χ0v) is 11.7. The van der Waals surface area contributed by atoms with Gasteiger partial charge in [0.1, 0.15) is 5.82 Å². The monoisotopic (exact) mass is 363 g/mol. The summed E-state index contributed by atoms with van der Waals surface area (Å²) >= 11 is 3.40. The van der Waals surface area contributed by atoms with E-state index < -0.39 is 5.97 Å². The topological polar surface area (TPSA) is 39.2 Å². The summed E-state index contributed by atoms with van der Waals surface area (Å²) in [6, 6.07) is 5.93. The summed E-state index contributed by atoms with van der Waals surface area (Å²) in [6.45, 7) is 0. The summed E-state index contributed by atoms with van der Waals surface area (Å²) in [6.07, 6.45) is 0. The van der Waals surface area contributed by atoms with E-state index in [1.807, 2.05) is 22.6 Å². The molecule has 0 aliphatic rings. The molecule has 2 aromatic rings. The average Bonchev–Trinajstić information content (AvgIpc) is 2.71. The molecule has 0 saturated carbocycles. The summed E-state index contributed by atoms with van der Waals surface area (Å²) in [5, 5.41) is 0. The Labute approximate surface area is 115 Å². The third kappa shape index (κ3) is 2.63. The van der Waals surface area contributed by atoms with Crippen LogP contribution in [-0.4, -0.2) is 18.1 Å². The molecule has 0 aliphatic carbocycles. The highest BCUT2D eigenvalue weighted by molar-refractivity contribution is 14.1. The first-order chi connectivity index (χ1) is 8.11. The number of benzene rings is 1. The maximum Gasteiger partial charge on any atom is 0.358 e. The minimum Gasteiger partial charge on any atom is -0.464 e. The number of rotatable bonds is 2. The molecule has 0 N–H and O–H groups in total. The van der Waals surface area contributed by atoms with Gasteiger partial charge in [0.25, 0.3) is 0 Å². The average molecular weight is 363 g/mol. The number of methoxy groups -OCH3 is 1. The number of hydrogen-bond donors (Lipinski definition) is 0. The van der Waals surface area contributed by atoms with E-state index in [2.05, 4.69) is 9.72 Å². The van der Waals surface area contributed by atoms with Crippen LogP contribution >= 0.6 is 33.9 Å². The molecule has 2 rings (SSSR count). The Morgan fingerprint density at radius 1 is 1.41 bits per heavy atom. The molecule has 88 valence electrons. The van der Waals surface area contributed by atoms with Gasteiger partial charge in [-0.3, -0.25) is 0 Å². The second kappa shape index (κ2) is 5.09. The number of hydrogen-bond acceptors (Lipinski definition) is 4. The van der Waals surface area contributed by atoms with Gasteiger partial charge in [0, 0.05) is 0 Å². The molecule has 0 saturated heterocycles. The molecule has 1 aromatic carbocycles. The number of thiazole rings is 1. The van der Waals surface area contributed by atoms with Gasteiger partial charge in [-0.1, -0.05) is 12.1 Å². The van der Waals surface area contributed by atoms with Crippen LogP contribution in [0.4, 0.5) is 4.39 Å². The van der Waals surface area contributed by atoms with E-state index in [-0.39, 0.29) is 11.5 Å². The van der Waals surface area contributed by atoms with E-state index in [9.17, 15) is 9.18 Å². The lowest BCUT2D eigenvalue weighted by atomic mass is 10.1. The van der Waals surface area contributed by atoms with Crippen molar-refractivity contribution < 1.29 is 13.9 Å². The van der Waals surface area contributed by atoms with Gasteiger partial charge in [-0.2, -0.15) is 0 Å². The largest absolute Gasteiger partial charge is 0.464 e. The smallest absolute Gasteiger partial charge is 0.358 e. The first kappa shape index (κ1) is 12.4. The van der Waals surface area contributed by atoms with E-state index >= 15 is 0 Å². The van der Waals surface area contributed by atoms with Crippen molar-refractivity contribution in [3.8, 4) is 10.4 Å². The van der Waals surface area contributed by atoms with E-state index in [1.165, 1.54) is 30.6 Å². The first-order valence-corrected chi connectivity index (χ1v) is 6.52. The minimum absolute atomic E-state index is 0.272. The van der Waals surface area contributed by atoms with Crippen LogP contribution in [0.3, 0.4) is 0 Å². The number of carbonyl (C=O) groups excluding carboxylic acids is 1. The fourth-order valence-corrected chi connectivity index (χ4v) is 3.01. The van der Waals surface area contributed by atoms with E-state index in [4.69, 9.17) is 0 Å². The lowest BCUT2D eigenvalue weighted by Crippen LogP contribution is -2.03. The quantitative estimate of drug-likeness (QED) is 0.607. The maximum absolute atomic E-state index is 12.8. The standard InChI is InChI=1S/C11H7FINO2S/c1-16-10(15)8-9(17-11(13)14-8)6-2-4-7(12)5-3-6/h2-5H,1H3. The molecule has 0 amide bonds. The Balaban J connectivity index is 2.51. The second-order valence-electron chi connectivity index (χ2n) is 3.14. The van der Waals surface area contributed by atoms with Crippen LogP contribution in [0.25, 0.3) is 10.4 Å². The zero-order valence-electron chi connectivity index (χ0n) is 8.74. The van der Waals surface area contributed by atoms with Crippen molar-refractivity contribution in [2.75, 3.05) is 7.11 Å². The Morgan fingerprint density at radius 3 is 2.65 bits per heavy atom. The predicted octanol–water partition coefficient (Wildman–Crippen LogP) is 3.34. The molecular weight excluding hydrogens is 356 g/mol. The molecule has 17 heavy (non-hydrogen) atoms. The van der Waals surface area contributed by atoms with Gasteiger partial charge in [0.05, 0.1) is 12.0 Å². The summed E-state index contributed by atoms with van der Waals surface area (Å²) in [4.78, 5) is 16.3. The Bertz CT molecular complexity index is 553. The lowest BCUT2D eigenvalue weighted by molar-refractivity contribution is 0.0595. The molecule has 1 aromatic heterocycles. The fourth-order valence-electron chi connectivity index (χ4n) is 1.33. The molecule has 0 fully saturated rings. The normalized spacial score (nSPS) is 10.3. The van der Waals surface area contributed by atoms with Crippen molar-refractivity contribution in [2.24, 2.45) is 0 Å². The molecule has 0 unspecified atom stereocenters. The summed E-state index contributed by atoms with van der Waals surface area (Å²) in [5.41, 5.74) is 1.03. The molecule has 0 atom stereocenters. The van der Waals surface area contributed by atoms with Gasteiger partial charge in [-0.15, -0.1) is 11.3 Å². The van der Waals surface area contributed by atoms with E-state index in [0.717, 1.165) is 8.58 Å². The number of nitrogens with zero attached hydrogens (tertiary/aromatic N) is 1. The van der Waals surface area contributed by atoms with E-state index in [0.29, 0.717) is 4.88 Å². The third-order valence-electron chi connectivity index (χ3n) is 2.09. The van der Waals surface area contributed by atoms with Gasteiger partial charge in [-0.05, 0) is 40.3 Å². The van der Waals surface area contributed by atoms with Gasteiger partial charge >= 0.3 is 5.97 Å². The third-order valence-corrected chi connectivity index (χ3v) is 3.88. The van der Waals surface area contributed by atoms with Gasteiger partial charge in [-0.25, -0.2) is 14.2 Å². The molecule has 3 nitrogen and oxygen atoms in total. The van der Waals surface area contributed by atoms with Crippen LogP contribution in [0.2, 0.25) is 0 Å². The minimum atomic E-state index is -0.483. The van der Waals surface area contributed by atoms with Crippen molar-refractivity contribution in [3.05, 3.63) is 38.8 Å². The van der Waals surface area contributed by atoms with Crippen LogP contribution < -0.4 is 0 Å². The SMILES string of the molecule is COC(=O)c1nc(I)sc1-c1ccc(F)cc1. The molecule has 0 bridgehead atoms. The number of carbonyl (C=O) groups is 1. The number of esters is 1. The predicted molar refractivity (Wildman–Crippen MR) is 71.6 cm³/mol. The van der Waals surface area contributed by atoms with Crippen LogP contribution in [0, 0.1) is 8.83 Å². The van der Waals surface area contributed by atoms with Gasteiger partial charge < -0.3 is 4.74 Å². The number of halogens is 2. The number of ether oxygens (including phenoxy) is 1. The lowest BCUT2D eigenvalue weighted by Gasteiger charge is -2.00. The highest BCUT2D eigenvalue weighted by Crippen LogP contribution is 2.31. The molecule has 0 radical (unpaired) electrons.